The molecule has 1 aliphatic heterocycles. The van der Waals surface area contributed by atoms with Gasteiger partial charge in [0.05, 0.1) is 31.5 Å². The number of anilines is 1. The highest BCUT2D eigenvalue weighted by atomic mass is 16.5. The first-order valence-corrected chi connectivity index (χ1v) is 7.08. The number of hydrogen-bond acceptors (Lipinski definition) is 7. The van der Waals surface area contributed by atoms with E-state index in [1.165, 1.54) is 6.33 Å². The Labute approximate surface area is 127 Å². The molecule has 1 fully saturated rings. The predicted molar refractivity (Wildman–Crippen MR) is 76.1 cm³/mol. The largest absolute Gasteiger partial charge is 0.374 e. The van der Waals surface area contributed by atoms with Crippen LogP contribution in [0.1, 0.15) is 5.69 Å². The van der Waals surface area contributed by atoms with Gasteiger partial charge >= 0.3 is 0 Å². The second-order valence-electron chi connectivity index (χ2n) is 5.23. The summed E-state index contributed by atoms with van der Waals surface area (Å²) in [4.78, 5) is 18.0. The molecule has 0 aliphatic carbocycles. The molecule has 0 bridgehead atoms. The van der Waals surface area contributed by atoms with E-state index in [0.717, 1.165) is 12.2 Å². The summed E-state index contributed by atoms with van der Waals surface area (Å²) in [5.74, 6) is 0.243. The van der Waals surface area contributed by atoms with E-state index in [1.54, 1.807) is 24.0 Å². The maximum atomic E-state index is 12.0. The van der Waals surface area contributed by atoms with Gasteiger partial charge in [0.15, 0.2) is 0 Å². The van der Waals surface area contributed by atoms with Gasteiger partial charge in [-0.2, -0.15) is 5.10 Å². The van der Waals surface area contributed by atoms with Crippen LogP contribution in [-0.2, 0) is 16.1 Å². The lowest BCUT2D eigenvalue weighted by molar-refractivity contribution is -0.119. The first kappa shape index (κ1) is 14.7. The van der Waals surface area contributed by atoms with Crippen LogP contribution in [0.15, 0.2) is 23.2 Å². The highest BCUT2D eigenvalue weighted by Crippen LogP contribution is 2.10. The van der Waals surface area contributed by atoms with Crippen LogP contribution in [0.2, 0.25) is 0 Å². The fourth-order valence-corrected chi connectivity index (χ4v) is 2.37. The zero-order valence-corrected chi connectivity index (χ0v) is 12.3. The average molecular weight is 306 g/mol. The van der Waals surface area contributed by atoms with Gasteiger partial charge < -0.3 is 9.26 Å². The van der Waals surface area contributed by atoms with Gasteiger partial charge in [-0.15, -0.1) is 0 Å². The third-order valence-electron chi connectivity index (χ3n) is 3.34. The molecule has 1 saturated heterocycles. The van der Waals surface area contributed by atoms with E-state index in [4.69, 9.17) is 9.26 Å². The number of aryl methyl sites for hydroxylation is 1. The van der Waals surface area contributed by atoms with Gasteiger partial charge in [-0.3, -0.25) is 19.7 Å². The molecule has 1 amide bonds. The highest BCUT2D eigenvalue weighted by molar-refractivity contribution is 5.90. The van der Waals surface area contributed by atoms with Crippen molar-refractivity contribution in [3.63, 3.8) is 0 Å². The standard InChI is InChI=1S/C13H18N6O3/c1-10-4-13(22-17-10)16-12(20)7-18-2-3-21-11(5-18)6-19-9-14-8-15-19/h4,8-9,11H,2-3,5-7H2,1H3,(H,16,20). The molecule has 1 unspecified atom stereocenters. The minimum absolute atomic E-state index is 0.00391. The minimum Gasteiger partial charge on any atom is -0.374 e. The third-order valence-corrected chi connectivity index (χ3v) is 3.34. The molecule has 2 aromatic heterocycles. The molecule has 118 valence electrons. The number of hydrogen-bond donors (Lipinski definition) is 1. The van der Waals surface area contributed by atoms with E-state index < -0.39 is 0 Å². The second kappa shape index (κ2) is 6.67. The fraction of sp³-hybridized carbons (Fsp3) is 0.538. The molecule has 9 nitrogen and oxygen atoms in total. The Balaban J connectivity index is 1.48. The van der Waals surface area contributed by atoms with Crippen LogP contribution in [0, 0.1) is 6.92 Å². The van der Waals surface area contributed by atoms with E-state index in [9.17, 15) is 4.79 Å². The highest BCUT2D eigenvalue weighted by Gasteiger charge is 2.23. The number of nitrogens with one attached hydrogen (secondary N) is 1. The van der Waals surface area contributed by atoms with Crippen molar-refractivity contribution in [3.05, 3.63) is 24.4 Å². The lowest BCUT2D eigenvalue weighted by Crippen LogP contribution is -2.47. The Morgan fingerprint density at radius 3 is 3.18 bits per heavy atom. The van der Waals surface area contributed by atoms with E-state index >= 15 is 0 Å². The average Bonchev–Trinajstić information content (AvgIpc) is 3.11. The maximum Gasteiger partial charge on any atom is 0.240 e. The molecular weight excluding hydrogens is 288 g/mol. The van der Waals surface area contributed by atoms with Gasteiger partial charge in [-0.25, -0.2) is 4.98 Å². The fourth-order valence-electron chi connectivity index (χ4n) is 2.37. The Morgan fingerprint density at radius 2 is 2.45 bits per heavy atom. The van der Waals surface area contributed by atoms with Crippen LogP contribution in [0.25, 0.3) is 0 Å². The Morgan fingerprint density at radius 1 is 1.55 bits per heavy atom. The topological polar surface area (TPSA) is 98.3 Å². The zero-order valence-electron chi connectivity index (χ0n) is 12.3. The molecule has 0 saturated carbocycles. The number of ether oxygens (including phenoxy) is 1. The van der Waals surface area contributed by atoms with E-state index in [0.29, 0.717) is 25.6 Å². The smallest absolute Gasteiger partial charge is 0.240 e. The van der Waals surface area contributed by atoms with Gasteiger partial charge in [0.1, 0.15) is 12.7 Å². The van der Waals surface area contributed by atoms with Crippen molar-refractivity contribution in [3.8, 4) is 0 Å². The number of rotatable bonds is 5. The van der Waals surface area contributed by atoms with Gasteiger partial charge in [0, 0.05) is 19.2 Å². The van der Waals surface area contributed by atoms with Crippen LogP contribution in [-0.4, -0.2) is 63.1 Å². The molecule has 1 aliphatic rings. The lowest BCUT2D eigenvalue weighted by Gasteiger charge is -2.32. The van der Waals surface area contributed by atoms with Gasteiger partial charge in [0.25, 0.3) is 0 Å². The molecule has 0 radical (unpaired) electrons. The number of carbonyl (C=O) groups is 1. The summed E-state index contributed by atoms with van der Waals surface area (Å²) in [5, 5.41) is 10.5. The number of amides is 1. The molecule has 3 rings (SSSR count). The van der Waals surface area contributed by atoms with Crippen LogP contribution < -0.4 is 5.32 Å². The van der Waals surface area contributed by atoms with Crippen LogP contribution in [0.3, 0.4) is 0 Å². The monoisotopic (exact) mass is 306 g/mol. The number of carbonyl (C=O) groups excluding carboxylic acids is 1. The summed E-state index contributed by atoms with van der Waals surface area (Å²) in [6.07, 6.45) is 3.14. The van der Waals surface area contributed by atoms with Crippen molar-refractivity contribution >= 4 is 11.8 Å². The van der Waals surface area contributed by atoms with Gasteiger partial charge in [-0.05, 0) is 6.92 Å². The first-order chi connectivity index (χ1) is 10.7. The third kappa shape index (κ3) is 3.89. The van der Waals surface area contributed by atoms with Crippen molar-refractivity contribution in [1.82, 2.24) is 24.8 Å². The molecule has 3 heterocycles. The summed E-state index contributed by atoms with van der Waals surface area (Å²) in [5.41, 5.74) is 0.731. The summed E-state index contributed by atoms with van der Waals surface area (Å²) >= 11 is 0. The van der Waals surface area contributed by atoms with Crippen molar-refractivity contribution < 1.29 is 14.1 Å². The minimum atomic E-state index is -0.127. The van der Waals surface area contributed by atoms with E-state index in [2.05, 4.69) is 20.6 Å². The molecule has 0 spiro atoms. The summed E-state index contributed by atoms with van der Waals surface area (Å²) in [6, 6.07) is 1.69. The molecule has 2 aromatic rings. The Bertz CT molecular complexity index is 611. The molecule has 0 aromatic carbocycles. The summed E-state index contributed by atoms with van der Waals surface area (Å²) < 4.78 is 12.4. The quantitative estimate of drug-likeness (QED) is 0.824. The van der Waals surface area contributed by atoms with Crippen molar-refractivity contribution in [2.45, 2.75) is 19.6 Å². The summed E-state index contributed by atoms with van der Waals surface area (Å²) in [7, 11) is 0. The number of nitrogens with zero attached hydrogens (tertiary/aromatic N) is 5. The lowest BCUT2D eigenvalue weighted by atomic mass is 10.2. The number of aromatic nitrogens is 4. The predicted octanol–water partition coefficient (Wildman–Crippen LogP) is -0.0860. The first-order valence-electron chi connectivity index (χ1n) is 7.08. The van der Waals surface area contributed by atoms with Crippen molar-refractivity contribution in [2.24, 2.45) is 0 Å². The number of morpholine rings is 1. The second-order valence-corrected chi connectivity index (χ2v) is 5.23. The normalized spacial score (nSPS) is 19.2. The molecule has 1 N–H and O–H groups in total. The van der Waals surface area contributed by atoms with E-state index in [-0.39, 0.29) is 18.6 Å². The van der Waals surface area contributed by atoms with Crippen LogP contribution in [0.4, 0.5) is 5.88 Å². The van der Waals surface area contributed by atoms with Crippen LogP contribution >= 0.6 is 0 Å². The Hall–Kier alpha value is -2.26. The van der Waals surface area contributed by atoms with Gasteiger partial charge in [-0.1, -0.05) is 5.16 Å². The molecular formula is C13H18N6O3. The molecule has 9 heteroatoms. The molecule has 1 atom stereocenters. The Kier molecular flexibility index (Phi) is 4.45. The van der Waals surface area contributed by atoms with Crippen LogP contribution in [0.5, 0.6) is 0 Å². The zero-order chi connectivity index (χ0) is 15.4. The SMILES string of the molecule is Cc1cc(NC(=O)CN2CCOC(Cn3cncn3)C2)on1. The van der Waals surface area contributed by atoms with Gasteiger partial charge in [0.2, 0.25) is 11.8 Å². The maximum absolute atomic E-state index is 12.0. The van der Waals surface area contributed by atoms with E-state index in [1.807, 2.05) is 4.90 Å². The van der Waals surface area contributed by atoms with Crippen molar-refractivity contribution in [2.75, 3.05) is 31.6 Å². The summed E-state index contributed by atoms with van der Waals surface area (Å²) in [6.45, 7) is 4.69. The van der Waals surface area contributed by atoms with Crippen molar-refractivity contribution in [1.29, 1.82) is 0 Å². The molecule has 22 heavy (non-hydrogen) atoms.